The van der Waals surface area contributed by atoms with E-state index in [9.17, 15) is 19.5 Å². The molecule has 2 aromatic rings. The average Bonchev–Trinajstić information content (AvgIpc) is 2.74. The van der Waals surface area contributed by atoms with Gasteiger partial charge in [-0.2, -0.15) is 0 Å². The standard InChI is InChI=1S/C22H20N2O6/c1-12-16(19(27)21(30-3)20(29-2)18(12)26)9-13-6-7-15(17(25)10-13)22(28)24-14-5-4-8-23-11-14/h4-8,10-11,25H,9H2,1-3H3,(H,24,28). The Kier molecular flexibility index (Phi) is 5.96. The van der Waals surface area contributed by atoms with Gasteiger partial charge in [0.25, 0.3) is 5.91 Å². The van der Waals surface area contributed by atoms with Crippen molar-refractivity contribution in [3.05, 3.63) is 76.5 Å². The molecule has 1 amide bonds. The van der Waals surface area contributed by atoms with Crippen LogP contribution in [0.1, 0.15) is 22.8 Å². The van der Waals surface area contributed by atoms with Crippen molar-refractivity contribution in [3.8, 4) is 5.75 Å². The number of nitrogens with one attached hydrogen (secondary N) is 1. The molecular weight excluding hydrogens is 388 g/mol. The molecule has 8 heteroatoms. The van der Waals surface area contributed by atoms with E-state index in [0.717, 1.165) is 0 Å². The highest BCUT2D eigenvalue weighted by molar-refractivity contribution is 6.23. The van der Waals surface area contributed by atoms with E-state index < -0.39 is 17.5 Å². The van der Waals surface area contributed by atoms with Gasteiger partial charge in [-0.15, -0.1) is 0 Å². The van der Waals surface area contributed by atoms with Gasteiger partial charge in [-0.05, 0) is 36.8 Å². The zero-order valence-electron chi connectivity index (χ0n) is 16.7. The molecule has 0 unspecified atom stereocenters. The summed E-state index contributed by atoms with van der Waals surface area (Å²) in [5, 5.41) is 13.0. The van der Waals surface area contributed by atoms with Crippen LogP contribution in [0.2, 0.25) is 0 Å². The number of aromatic hydroxyl groups is 1. The monoisotopic (exact) mass is 408 g/mol. The molecule has 0 fully saturated rings. The Balaban J connectivity index is 1.84. The van der Waals surface area contributed by atoms with Gasteiger partial charge in [0, 0.05) is 23.8 Å². The van der Waals surface area contributed by atoms with Crippen LogP contribution in [-0.4, -0.2) is 41.8 Å². The lowest BCUT2D eigenvalue weighted by molar-refractivity contribution is -0.121. The maximum absolute atomic E-state index is 12.7. The van der Waals surface area contributed by atoms with Gasteiger partial charge in [-0.1, -0.05) is 6.07 Å². The number of methoxy groups -OCH3 is 2. The van der Waals surface area contributed by atoms with Gasteiger partial charge in [0.2, 0.25) is 23.1 Å². The van der Waals surface area contributed by atoms with Crippen LogP contribution in [0.5, 0.6) is 5.75 Å². The second-order valence-electron chi connectivity index (χ2n) is 6.55. The number of ketones is 2. The second-order valence-corrected chi connectivity index (χ2v) is 6.55. The van der Waals surface area contributed by atoms with Crippen molar-refractivity contribution >= 4 is 23.2 Å². The Bertz CT molecular complexity index is 1090. The second kappa shape index (κ2) is 8.60. The molecule has 1 aliphatic rings. The molecule has 0 spiro atoms. The summed E-state index contributed by atoms with van der Waals surface area (Å²) >= 11 is 0. The summed E-state index contributed by atoms with van der Waals surface area (Å²) in [5.74, 6) is -1.92. The zero-order chi connectivity index (χ0) is 21.8. The van der Waals surface area contributed by atoms with Crippen LogP contribution in [-0.2, 0) is 25.5 Å². The number of anilines is 1. The number of Topliss-reactive ketones (excluding diaryl/α,β-unsaturated/α-hetero) is 2. The predicted octanol–water partition coefficient (Wildman–Crippen LogP) is 2.55. The molecule has 1 aromatic heterocycles. The third-order valence-corrected chi connectivity index (χ3v) is 4.70. The van der Waals surface area contributed by atoms with Crippen LogP contribution >= 0.6 is 0 Å². The molecule has 3 rings (SSSR count). The molecule has 1 heterocycles. The topological polar surface area (TPSA) is 115 Å². The van der Waals surface area contributed by atoms with Gasteiger partial charge < -0.3 is 19.9 Å². The first-order valence-corrected chi connectivity index (χ1v) is 9.02. The Morgan fingerprint density at radius 2 is 1.80 bits per heavy atom. The first-order chi connectivity index (χ1) is 14.4. The number of nitrogens with zero attached hydrogens (tertiary/aromatic N) is 1. The molecular formula is C22H20N2O6. The summed E-state index contributed by atoms with van der Waals surface area (Å²) in [6.07, 6.45) is 3.15. The molecule has 0 atom stereocenters. The first kappa shape index (κ1) is 20.8. The smallest absolute Gasteiger partial charge is 0.259 e. The van der Waals surface area contributed by atoms with E-state index in [1.165, 1.54) is 39.5 Å². The van der Waals surface area contributed by atoms with Crippen molar-refractivity contribution in [3.63, 3.8) is 0 Å². The van der Waals surface area contributed by atoms with E-state index in [-0.39, 0.29) is 40.4 Å². The van der Waals surface area contributed by atoms with Gasteiger partial charge in [-0.25, -0.2) is 0 Å². The largest absolute Gasteiger partial charge is 0.507 e. The lowest BCUT2D eigenvalue weighted by Crippen LogP contribution is -2.26. The molecule has 0 radical (unpaired) electrons. The fraction of sp³-hybridized carbons (Fsp3) is 0.182. The minimum atomic E-state index is -0.499. The number of benzene rings is 1. The number of carbonyl (C=O) groups is 3. The number of carbonyl (C=O) groups excluding carboxylic acids is 3. The van der Waals surface area contributed by atoms with E-state index >= 15 is 0 Å². The van der Waals surface area contributed by atoms with Gasteiger partial charge in [-0.3, -0.25) is 19.4 Å². The number of allylic oxidation sites excluding steroid dienone is 2. The van der Waals surface area contributed by atoms with Crippen LogP contribution in [0.25, 0.3) is 0 Å². The Morgan fingerprint density at radius 3 is 2.40 bits per heavy atom. The molecule has 2 N–H and O–H groups in total. The number of hydrogen-bond acceptors (Lipinski definition) is 7. The average molecular weight is 408 g/mol. The lowest BCUT2D eigenvalue weighted by Gasteiger charge is -2.20. The van der Waals surface area contributed by atoms with Gasteiger partial charge in [0.15, 0.2) is 0 Å². The highest BCUT2D eigenvalue weighted by Crippen LogP contribution is 2.29. The van der Waals surface area contributed by atoms with Crippen LogP contribution in [0.15, 0.2) is 65.4 Å². The molecule has 30 heavy (non-hydrogen) atoms. The number of rotatable bonds is 6. The van der Waals surface area contributed by atoms with Crippen molar-refractivity contribution in [2.24, 2.45) is 0 Å². The zero-order valence-corrected chi connectivity index (χ0v) is 16.7. The summed E-state index contributed by atoms with van der Waals surface area (Å²) in [4.78, 5) is 41.5. The fourth-order valence-corrected chi connectivity index (χ4v) is 3.12. The van der Waals surface area contributed by atoms with Gasteiger partial charge >= 0.3 is 0 Å². The lowest BCUT2D eigenvalue weighted by atomic mass is 9.88. The molecule has 1 aromatic carbocycles. The first-order valence-electron chi connectivity index (χ1n) is 9.02. The number of hydrogen-bond donors (Lipinski definition) is 2. The third-order valence-electron chi connectivity index (χ3n) is 4.70. The van der Waals surface area contributed by atoms with Crippen LogP contribution < -0.4 is 5.32 Å². The van der Waals surface area contributed by atoms with E-state index in [2.05, 4.69) is 10.3 Å². The maximum Gasteiger partial charge on any atom is 0.259 e. The summed E-state index contributed by atoms with van der Waals surface area (Å²) in [7, 11) is 2.59. The molecule has 0 saturated carbocycles. The van der Waals surface area contributed by atoms with E-state index in [1.54, 1.807) is 24.4 Å². The van der Waals surface area contributed by atoms with Crippen molar-refractivity contribution in [2.45, 2.75) is 13.3 Å². The number of phenols is 1. The number of amides is 1. The Morgan fingerprint density at radius 1 is 1.10 bits per heavy atom. The molecule has 154 valence electrons. The summed E-state index contributed by atoms with van der Waals surface area (Å²) in [6, 6.07) is 7.80. The molecule has 0 saturated heterocycles. The normalized spacial score (nSPS) is 14.1. The molecule has 0 aliphatic heterocycles. The quantitative estimate of drug-likeness (QED) is 0.706. The third kappa shape index (κ3) is 3.93. The number of aromatic nitrogens is 1. The summed E-state index contributed by atoms with van der Waals surface area (Å²) < 4.78 is 10.1. The fourth-order valence-electron chi connectivity index (χ4n) is 3.12. The molecule has 1 aliphatic carbocycles. The van der Waals surface area contributed by atoms with Crippen molar-refractivity contribution in [2.75, 3.05) is 19.5 Å². The Hall–Kier alpha value is -3.94. The van der Waals surface area contributed by atoms with Crippen molar-refractivity contribution < 1.29 is 29.0 Å². The van der Waals surface area contributed by atoms with E-state index in [1.807, 2.05) is 0 Å². The van der Waals surface area contributed by atoms with Gasteiger partial charge in [0.05, 0.1) is 31.7 Å². The SMILES string of the molecule is COC1=C(OC)C(=O)C(Cc2ccc(C(=O)Nc3cccnc3)c(O)c2)=C(C)C1=O. The summed E-state index contributed by atoms with van der Waals surface area (Å²) in [5.41, 5.74) is 1.60. The predicted molar refractivity (Wildman–Crippen MR) is 108 cm³/mol. The molecule has 8 nitrogen and oxygen atoms in total. The summed E-state index contributed by atoms with van der Waals surface area (Å²) in [6.45, 7) is 1.54. The number of ether oxygens (including phenoxy) is 2. The number of phenolic OH excluding ortho intramolecular Hbond substituents is 1. The highest BCUT2D eigenvalue weighted by atomic mass is 16.5. The van der Waals surface area contributed by atoms with Crippen molar-refractivity contribution in [1.82, 2.24) is 4.98 Å². The van der Waals surface area contributed by atoms with Crippen LogP contribution in [0.3, 0.4) is 0 Å². The highest BCUT2D eigenvalue weighted by Gasteiger charge is 2.34. The van der Waals surface area contributed by atoms with E-state index in [4.69, 9.17) is 9.47 Å². The number of pyridine rings is 1. The molecule has 0 bridgehead atoms. The minimum Gasteiger partial charge on any atom is -0.507 e. The Labute approximate surface area is 172 Å². The minimum absolute atomic E-state index is 0.0681. The van der Waals surface area contributed by atoms with Crippen molar-refractivity contribution in [1.29, 1.82) is 0 Å². The van der Waals surface area contributed by atoms with E-state index in [0.29, 0.717) is 11.3 Å². The van der Waals surface area contributed by atoms with Gasteiger partial charge in [0.1, 0.15) is 5.75 Å². The van der Waals surface area contributed by atoms with Crippen LogP contribution in [0.4, 0.5) is 5.69 Å². The maximum atomic E-state index is 12.7. The van der Waals surface area contributed by atoms with Crippen LogP contribution in [0, 0.1) is 0 Å².